The maximum Gasteiger partial charge on any atom is 0.248 e. The van der Waals surface area contributed by atoms with Crippen molar-refractivity contribution in [1.29, 1.82) is 0 Å². The monoisotopic (exact) mass is 339 g/mol. The zero-order chi connectivity index (χ0) is 16.4. The fourth-order valence-electron chi connectivity index (χ4n) is 3.40. The minimum Gasteiger partial charge on any atom is -0.380 e. The third kappa shape index (κ3) is 3.74. The number of likely N-dealkylation sites (N-methyl/N-ethyl adjacent to an activating group) is 1. The van der Waals surface area contributed by atoms with Gasteiger partial charge < -0.3 is 14.4 Å². The minimum atomic E-state index is 0.00461. The molecule has 2 aliphatic rings. The fourth-order valence-corrected chi connectivity index (χ4v) is 4.22. The van der Waals surface area contributed by atoms with Crippen molar-refractivity contribution in [3.05, 3.63) is 16.1 Å². The third-order valence-electron chi connectivity index (χ3n) is 4.73. The average molecular weight is 339 g/mol. The van der Waals surface area contributed by atoms with Gasteiger partial charge in [-0.1, -0.05) is 0 Å². The average Bonchev–Trinajstić information content (AvgIpc) is 3.13. The summed E-state index contributed by atoms with van der Waals surface area (Å²) in [7, 11) is 3.50. The Labute approximate surface area is 141 Å². The summed E-state index contributed by atoms with van der Waals surface area (Å²) in [6.45, 7) is 7.14. The number of aromatic nitrogens is 1. The molecule has 1 amide bonds. The van der Waals surface area contributed by atoms with Crippen molar-refractivity contribution in [3.63, 3.8) is 0 Å². The molecule has 1 aromatic rings. The zero-order valence-electron chi connectivity index (χ0n) is 14.1. The summed E-state index contributed by atoms with van der Waals surface area (Å²) in [5, 5.41) is 3.27. The third-order valence-corrected chi connectivity index (χ3v) is 5.68. The molecule has 3 rings (SSSR count). The molecule has 2 fully saturated rings. The lowest BCUT2D eigenvalue weighted by atomic mass is 9.82. The summed E-state index contributed by atoms with van der Waals surface area (Å²) in [4.78, 5) is 20.2. The Morgan fingerprint density at radius 3 is 3.13 bits per heavy atom. The van der Waals surface area contributed by atoms with Gasteiger partial charge in [0.25, 0.3) is 0 Å². The van der Waals surface area contributed by atoms with Crippen molar-refractivity contribution in [3.8, 4) is 0 Å². The highest BCUT2D eigenvalue weighted by Crippen LogP contribution is 2.42. The number of hydrogen-bond donors (Lipinski definition) is 0. The Morgan fingerprint density at radius 2 is 2.43 bits per heavy atom. The van der Waals surface area contributed by atoms with Crippen molar-refractivity contribution in [2.75, 3.05) is 53.6 Å². The number of carbonyl (C=O) groups is 1. The van der Waals surface area contributed by atoms with Gasteiger partial charge in [-0.05, 0) is 6.92 Å². The van der Waals surface area contributed by atoms with Gasteiger partial charge in [0.05, 0.1) is 26.4 Å². The van der Waals surface area contributed by atoms with E-state index in [-0.39, 0.29) is 17.9 Å². The number of rotatable bonds is 6. The van der Waals surface area contributed by atoms with Crippen molar-refractivity contribution >= 4 is 17.2 Å². The SMILES string of the molecule is Cc1csc(CN2C[C@@H]3COC[C@]3(COCC(=O)N(C)C)C2)n1. The van der Waals surface area contributed by atoms with Gasteiger partial charge >= 0.3 is 0 Å². The van der Waals surface area contributed by atoms with E-state index < -0.39 is 0 Å². The lowest BCUT2D eigenvalue weighted by Crippen LogP contribution is -2.37. The number of aryl methyl sites for hydroxylation is 1. The number of fused-ring (bicyclic) bond motifs is 1. The number of hydrogen-bond acceptors (Lipinski definition) is 6. The first-order valence-corrected chi connectivity index (χ1v) is 8.85. The highest BCUT2D eigenvalue weighted by atomic mass is 32.1. The molecule has 7 heteroatoms. The first-order valence-electron chi connectivity index (χ1n) is 7.97. The van der Waals surface area contributed by atoms with Gasteiger partial charge in [-0.2, -0.15) is 0 Å². The van der Waals surface area contributed by atoms with E-state index in [4.69, 9.17) is 9.47 Å². The smallest absolute Gasteiger partial charge is 0.248 e. The topological polar surface area (TPSA) is 54.9 Å². The fraction of sp³-hybridized carbons (Fsp3) is 0.750. The first kappa shape index (κ1) is 16.8. The molecule has 0 spiro atoms. The number of thiazole rings is 1. The molecule has 2 aliphatic heterocycles. The van der Waals surface area contributed by atoms with Crippen LogP contribution in [0, 0.1) is 18.3 Å². The molecule has 23 heavy (non-hydrogen) atoms. The first-order chi connectivity index (χ1) is 11.0. The van der Waals surface area contributed by atoms with Crippen LogP contribution in [0.25, 0.3) is 0 Å². The highest BCUT2D eigenvalue weighted by molar-refractivity contribution is 7.09. The van der Waals surface area contributed by atoms with Gasteiger partial charge in [0.15, 0.2) is 0 Å². The Bertz CT molecular complexity index is 563. The van der Waals surface area contributed by atoms with E-state index in [0.29, 0.717) is 12.5 Å². The van der Waals surface area contributed by atoms with Gasteiger partial charge in [0, 0.05) is 49.6 Å². The molecule has 2 atom stereocenters. The van der Waals surface area contributed by atoms with Crippen LogP contribution in [0.1, 0.15) is 10.7 Å². The lowest BCUT2D eigenvalue weighted by Gasteiger charge is -2.27. The van der Waals surface area contributed by atoms with E-state index >= 15 is 0 Å². The van der Waals surface area contributed by atoms with Gasteiger partial charge in [0.2, 0.25) is 5.91 Å². The molecule has 0 radical (unpaired) electrons. The maximum absolute atomic E-state index is 11.7. The summed E-state index contributed by atoms with van der Waals surface area (Å²) in [5.41, 5.74) is 1.12. The minimum absolute atomic E-state index is 0.00461. The molecule has 3 heterocycles. The van der Waals surface area contributed by atoms with E-state index in [2.05, 4.69) is 15.3 Å². The van der Waals surface area contributed by atoms with Gasteiger partial charge in [0.1, 0.15) is 11.6 Å². The number of nitrogens with zero attached hydrogens (tertiary/aromatic N) is 3. The number of carbonyl (C=O) groups excluding carboxylic acids is 1. The normalized spacial score (nSPS) is 27.3. The van der Waals surface area contributed by atoms with Crippen LogP contribution < -0.4 is 0 Å². The molecule has 0 unspecified atom stereocenters. The van der Waals surface area contributed by atoms with Gasteiger partial charge in [-0.3, -0.25) is 9.69 Å². The van der Waals surface area contributed by atoms with Crippen LogP contribution in [-0.2, 0) is 20.8 Å². The molecule has 1 aromatic heterocycles. The van der Waals surface area contributed by atoms with Crippen LogP contribution in [0.3, 0.4) is 0 Å². The molecule has 2 saturated heterocycles. The molecule has 128 valence electrons. The van der Waals surface area contributed by atoms with Crippen LogP contribution in [0.15, 0.2) is 5.38 Å². The largest absolute Gasteiger partial charge is 0.380 e. The standard InChI is InChI=1S/C16H25N3O3S/c1-12-8-23-14(17-12)5-19-4-13-6-21-10-16(13,9-19)11-22-7-15(20)18(2)3/h8,13H,4-7,9-11H2,1-3H3/t13-,16+/m1/s1. The van der Waals surface area contributed by atoms with Crippen LogP contribution >= 0.6 is 11.3 Å². The van der Waals surface area contributed by atoms with Crippen molar-refractivity contribution in [1.82, 2.24) is 14.8 Å². The summed E-state index contributed by atoms with van der Waals surface area (Å²) in [6, 6.07) is 0. The molecule has 0 bridgehead atoms. The van der Waals surface area contributed by atoms with E-state index in [9.17, 15) is 4.79 Å². The number of amides is 1. The summed E-state index contributed by atoms with van der Waals surface area (Å²) >= 11 is 1.72. The van der Waals surface area contributed by atoms with E-state index in [1.54, 1.807) is 30.3 Å². The second-order valence-electron chi connectivity index (χ2n) is 6.91. The molecule has 6 nitrogen and oxygen atoms in total. The molecule has 0 saturated carbocycles. The van der Waals surface area contributed by atoms with Crippen LogP contribution in [0.5, 0.6) is 0 Å². The quantitative estimate of drug-likeness (QED) is 0.774. The number of ether oxygens (including phenoxy) is 2. The molecule has 0 aliphatic carbocycles. The summed E-state index contributed by atoms with van der Waals surface area (Å²) in [6.07, 6.45) is 0. The lowest BCUT2D eigenvalue weighted by molar-refractivity contribution is -0.135. The summed E-state index contributed by atoms with van der Waals surface area (Å²) < 4.78 is 11.4. The van der Waals surface area contributed by atoms with Gasteiger partial charge in [-0.25, -0.2) is 4.98 Å². The van der Waals surface area contributed by atoms with Crippen molar-refractivity contribution in [2.24, 2.45) is 11.3 Å². The van der Waals surface area contributed by atoms with Crippen molar-refractivity contribution < 1.29 is 14.3 Å². The van der Waals surface area contributed by atoms with Crippen LogP contribution in [0.2, 0.25) is 0 Å². The van der Waals surface area contributed by atoms with Crippen LogP contribution in [-0.4, -0.2) is 74.3 Å². The number of likely N-dealkylation sites (tertiary alicyclic amines) is 1. The van der Waals surface area contributed by atoms with E-state index in [0.717, 1.165) is 38.5 Å². The van der Waals surface area contributed by atoms with Crippen molar-refractivity contribution in [2.45, 2.75) is 13.5 Å². The molecular weight excluding hydrogens is 314 g/mol. The second-order valence-corrected chi connectivity index (χ2v) is 7.85. The Hall–Kier alpha value is -1.02. The zero-order valence-corrected chi connectivity index (χ0v) is 14.9. The Balaban J connectivity index is 1.56. The maximum atomic E-state index is 11.7. The molecular formula is C16H25N3O3S. The van der Waals surface area contributed by atoms with Crippen LogP contribution in [0.4, 0.5) is 0 Å². The second kappa shape index (κ2) is 6.84. The molecule has 0 N–H and O–H groups in total. The molecule has 0 aromatic carbocycles. The van der Waals surface area contributed by atoms with E-state index in [1.807, 2.05) is 6.92 Å². The highest BCUT2D eigenvalue weighted by Gasteiger charge is 2.50. The summed E-state index contributed by atoms with van der Waals surface area (Å²) in [5.74, 6) is 0.489. The van der Waals surface area contributed by atoms with E-state index in [1.165, 1.54) is 5.01 Å². The Morgan fingerprint density at radius 1 is 1.61 bits per heavy atom. The Kier molecular flexibility index (Phi) is 5.01. The van der Waals surface area contributed by atoms with Gasteiger partial charge in [-0.15, -0.1) is 11.3 Å². The predicted octanol–water partition coefficient (Wildman–Crippen LogP) is 1.00. The predicted molar refractivity (Wildman–Crippen MR) is 88.4 cm³/mol.